The Hall–Kier alpha value is -8.13. The Kier molecular flexibility index (Phi) is 7.67. The van der Waals surface area contributed by atoms with Crippen molar-refractivity contribution in [2.24, 2.45) is 0 Å². The molecule has 0 atom stereocenters. The van der Waals surface area contributed by atoms with Gasteiger partial charge in [0.05, 0.1) is 5.52 Å². The van der Waals surface area contributed by atoms with Crippen LogP contribution in [0.1, 0.15) is 0 Å². The molecule has 1 nitrogen and oxygen atoms in total. The second-order valence-electron chi connectivity index (χ2n) is 16.6. The zero-order chi connectivity index (χ0) is 40.7. The average molecular weight is 784 g/mol. The first-order valence-corrected chi connectivity index (χ1v) is 21.4. The Morgan fingerprint density at radius 1 is 0.226 bits per heavy atom. The van der Waals surface area contributed by atoms with Crippen molar-refractivity contribution in [2.45, 2.75) is 0 Å². The summed E-state index contributed by atoms with van der Waals surface area (Å²) < 4.78 is 0. The van der Waals surface area contributed by atoms with Crippen LogP contribution in [0.2, 0.25) is 0 Å². The van der Waals surface area contributed by atoms with Gasteiger partial charge < -0.3 is 0 Å². The number of fused-ring (bicyclic) bond motifs is 11. The molecule has 0 aliphatic carbocycles. The highest BCUT2D eigenvalue weighted by Gasteiger charge is 2.22. The van der Waals surface area contributed by atoms with E-state index >= 15 is 0 Å². The molecule has 13 rings (SSSR count). The number of pyridine rings is 1. The number of rotatable bonds is 4. The zero-order valence-electron chi connectivity index (χ0n) is 33.8. The molecular weight excluding hydrogens is 747 g/mol. The summed E-state index contributed by atoms with van der Waals surface area (Å²) in [6.45, 7) is 0. The lowest BCUT2D eigenvalue weighted by atomic mass is 9.81. The average Bonchev–Trinajstić information content (AvgIpc) is 3.35. The first-order chi connectivity index (χ1) is 30.8. The van der Waals surface area contributed by atoms with Crippen molar-refractivity contribution in [1.82, 2.24) is 4.98 Å². The van der Waals surface area contributed by atoms with E-state index in [0.717, 1.165) is 5.52 Å². The van der Waals surface area contributed by atoms with Crippen LogP contribution < -0.4 is 0 Å². The van der Waals surface area contributed by atoms with Crippen LogP contribution in [-0.2, 0) is 0 Å². The van der Waals surface area contributed by atoms with Crippen molar-refractivity contribution in [2.75, 3.05) is 0 Å². The standard InChI is InChI=1S/C61H37N/c1-3-19-43-41(15-1)35-56(49-25-9-5-21-45(43)49)60-52-27-11-12-28-53(52)61(57-36-42-16-2-4-20-44(42)46-22-6-10-26-50(46)57)58-34-39(30-31-54(58)60)38-17-13-18-40(33-38)55-37-59-51(29-14-32-62-59)47-23-7-8-24-48(47)55/h1-37H. The fourth-order valence-electron chi connectivity index (χ4n) is 10.5. The smallest absolute Gasteiger partial charge is 0.0714 e. The van der Waals surface area contributed by atoms with Gasteiger partial charge >= 0.3 is 0 Å². The molecule has 62 heavy (non-hydrogen) atoms. The monoisotopic (exact) mass is 783 g/mol. The van der Waals surface area contributed by atoms with Crippen LogP contribution in [-0.4, -0.2) is 4.98 Å². The molecule has 1 aromatic heterocycles. The van der Waals surface area contributed by atoms with Gasteiger partial charge in [-0.3, -0.25) is 4.98 Å². The molecule has 0 radical (unpaired) electrons. The third kappa shape index (κ3) is 5.25. The second kappa shape index (κ2) is 13.7. The minimum Gasteiger partial charge on any atom is -0.256 e. The highest BCUT2D eigenvalue weighted by atomic mass is 14.6. The molecule has 0 aliphatic rings. The lowest BCUT2D eigenvalue weighted by Gasteiger charge is -2.21. The van der Waals surface area contributed by atoms with Gasteiger partial charge in [-0.05, 0) is 156 Å². The van der Waals surface area contributed by atoms with E-state index < -0.39 is 0 Å². The van der Waals surface area contributed by atoms with Crippen LogP contribution in [0, 0.1) is 0 Å². The maximum Gasteiger partial charge on any atom is 0.0714 e. The Labute approximate surface area is 358 Å². The van der Waals surface area contributed by atoms with Gasteiger partial charge in [0.25, 0.3) is 0 Å². The van der Waals surface area contributed by atoms with E-state index in [1.165, 1.54) is 125 Å². The Bertz CT molecular complexity index is 3990. The van der Waals surface area contributed by atoms with Crippen LogP contribution in [0.4, 0.5) is 0 Å². The summed E-state index contributed by atoms with van der Waals surface area (Å²) in [5, 5.41) is 18.7. The van der Waals surface area contributed by atoms with E-state index in [0.29, 0.717) is 0 Å². The molecule has 0 saturated heterocycles. The summed E-state index contributed by atoms with van der Waals surface area (Å²) in [6, 6.07) is 80.9. The van der Waals surface area contributed by atoms with Crippen molar-refractivity contribution in [1.29, 1.82) is 0 Å². The van der Waals surface area contributed by atoms with Gasteiger partial charge in [0.15, 0.2) is 0 Å². The van der Waals surface area contributed by atoms with Crippen molar-refractivity contribution < 1.29 is 0 Å². The van der Waals surface area contributed by atoms with Crippen LogP contribution in [0.5, 0.6) is 0 Å². The lowest BCUT2D eigenvalue weighted by Crippen LogP contribution is -1.94. The van der Waals surface area contributed by atoms with Crippen molar-refractivity contribution in [3.63, 3.8) is 0 Å². The predicted octanol–water partition coefficient (Wildman–Crippen LogP) is 17.0. The summed E-state index contributed by atoms with van der Waals surface area (Å²) in [6.07, 6.45) is 1.89. The van der Waals surface area contributed by atoms with Crippen molar-refractivity contribution >= 4 is 86.3 Å². The maximum absolute atomic E-state index is 4.80. The Morgan fingerprint density at radius 2 is 0.661 bits per heavy atom. The molecule has 0 fully saturated rings. The Balaban J connectivity index is 1.14. The summed E-state index contributed by atoms with van der Waals surface area (Å²) in [7, 11) is 0. The molecule has 0 spiro atoms. The number of nitrogens with zero attached hydrogens (tertiary/aromatic N) is 1. The quantitative estimate of drug-likeness (QED) is 0.128. The van der Waals surface area contributed by atoms with Crippen LogP contribution >= 0.6 is 0 Å². The van der Waals surface area contributed by atoms with E-state index in [1.807, 2.05) is 12.3 Å². The molecular formula is C61H37N. The summed E-state index contributed by atoms with van der Waals surface area (Å²) >= 11 is 0. The number of hydrogen-bond acceptors (Lipinski definition) is 1. The zero-order valence-corrected chi connectivity index (χ0v) is 33.8. The minimum atomic E-state index is 1.00. The number of aromatic nitrogens is 1. The molecule has 0 aliphatic heterocycles. The third-order valence-corrected chi connectivity index (χ3v) is 13.2. The molecule has 286 valence electrons. The highest BCUT2D eigenvalue weighted by Crippen LogP contribution is 2.49. The van der Waals surface area contributed by atoms with Crippen LogP contribution in [0.15, 0.2) is 225 Å². The maximum atomic E-state index is 4.80. The fourth-order valence-corrected chi connectivity index (χ4v) is 10.5. The Morgan fingerprint density at radius 3 is 1.27 bits per heavy atom. The molecule has 0 bridgehead atoms. The molecule has 1 heteroatoms. The van der Waals surface area contributed by atoms with Gasteiger partial charge in [-0.1, -0.05) is 182 Å². The molecule has 0 unspecified atom stereocenters. The van der Waals surface area contributed by atoms with Gasteiger partial charge in [-0.25, -0.2) is 0 Å². The van der Waals surface area contributed by atoms with Gasteiger partial charge in [-0.2, -0.15) is 0 Å². The predicted molar refractivity (Wildman–Crippen MR) is 266 cm³/mol. The lowest BCUT2D eigenvalue weighted by molar-refractivity contribution is 1.42. The first-order valence-electron chi connectivity index (χ1n) is 21.4. The summed E-state index contributed by atoms with van der Waals surface area (Å²) in [4.78, 5) is 4.80. The number of hydrogen-bond donors (Lipinski definition) is 0. The van der Waals surface area contributed by atoms with Gasteiger partial charge in [0.1, 0.15) is 0 Å². The fraction of sp³-hybridized carbons (Fsp3) is 0. The third-order valence-electron chi connectivity index (χ3n) is 13.2. The van der Waals surface area contributed by atoms with E-state index in [1.54, 1.807) is 0 Å². The van der Waals surface area contributed by atoms with E-state index in [4.69, 9.17) is 4.98 Å². The minimum absolute atomic E-state index is 1.00. The van der Waals surface area contributed by atoms with Crippen LogP contribution in [0.3, 0.4) is 0 Å². The normalized spacial score (nSPS) is 11.9. The SMILES string of the molecule is c1cc(-c2ccc3c(-c4cc5ccccc5c5ccccc45)c4ccccc4c(-c4cc5ccccc5c5ccccc45)c3c2)cc(-c2cc3ncccc3c3ccccc23)c1. The summed E-state index contributed by atoms with van der Waals surface area (Å²) in [5.41, 5.74) is 10.7. The van der Waals surface area contributed by atoms with E-state index in [2.05, 4.69) is 212 Å². The molecule has 13 aromatic rings. The molecule has 0 N–H and O–H groups in total. The van der Waals surface area contributed by atoms with Crippen molar-refractivity contribution in [3.8, 4) is 44.5 Å². The largest absolute Gasteiger partial charge is 0.256 e. The molecule has 0 amide bonds. The van der Waals surface area contributed by atoms with Gasteiger partial charge in [-0.15, -0.1) is 0 Å². The molecule has 0 saturated carbocycles. The second-order valence-corrected chi connectivity index (χ2v) is 16.6. The van der Waals surface area contributed by atoms with Crippen LogP contribution in [0.25, 0.3) is 131 Å². The number of benzene rings is 12. The van der Waals surface area contributed by atoms with E-state index in [9.17, 15) is 0 Å². The molecule has 12 aromatic carbocycles. The van der Waals surface area contributed by atoms with Gasteiger partial charge in [0.2, 0.25) is 0 Å². The van der Waals surface area contributed by atoms with Gasteiger partial charge in [0, 0.05) is 11.6 Å². The van der Waals surface area contributed by atoms with E-state index in [-0.39, 0.29) is 0 Å². The highest BCUT2D eigenvalue weighted by molar-refractivity contribution is 6.28. The first kappa shape index (κ1) is 34.7. The molecule has 1 heterocycles. The topological polar surface area (TPSA) is 12.9 Å². The van der Waals surface area contributed by atoms with Crippen molar-refractivity contribution in [3.05, 3.63) is 225 Å². The summed E-state index contributed by atoms with van der Waals surface area (Å²) in [5.74, 6) is 0.